The number of rotatable bonds is 5. The first-order valence-electron chi connectivity index (χ1n) is 6.25. The van der Waals surface area contributed by atoms with Gasteiger partial charge < -0.3 is 15.2 Å². The van der Waals surface area contributed by atoms with Gasteiger partial charge in [0.15, 0.2) is 9.84 Å². The molecule has 0 radical (unpaired) electrons. The quantitative estimate of drug-likeness (QED) is 0.857. The van der Waals surface area contributed by atoms with Crippen LogP contribution in [0.25, 0.3) is 0 Å². The second-order valence-electron chi connectivity index (χ2n) is 4.51. The van der Waals surface area contributed by atoms with Crippen LogP contribution in [-0.2, 0) is 15.6 Å². The Labute approximate surface area is 124 Å². The van der Waals surface area contributed by atoms with Crippen molar-refractivity contribution in [1.82, 2.24) is 0 Å². The van der Waals surface area contributed by atoms with Gasteiger partial charge in [-0.25, -0.2) is 8.42 Å². The van der Waals surface area contributed by atoms with Crippen LogP contribution in [0.1, 0.15) is 5.56 Å². The lowest BCUT2D eigenvalue weighted by atomic mass is 10.2. The zero-order valence-corrected chi connectivity index (χ0v) is 12.7. The lowest BCUT2D eigenvalue weighted by molar-refractivity contribution is 0.411. The van der Waals surface area contributed by atoms with Crippen LogP contribution in [0.5, 0.6) is 11.5 Å². The van der Waals surface area contributed by atoms with Gasteiger partial charge >= 0.3 is 0 Å². The van der Waals surface area contributed by atoms with Crippen LogP contribution >= 0.6 is 0 Å². The maximum Gasteiger partial charge on any atom is 0.182 e. The summed E-state index contributed by atoms with van der Waals surface area (Å²) in [5, 5.41) is 0. The van der Waals surface area contributed by atoms with Gasteiger partial charge in [0.25, 0.3) is 0 Å². The van der Waals surface area contributed by atoms with Crippen molar-refractivity contribution in [1.29, 1.82) is 0 Å². The summed E-state index contributed by atoms with van der Waals surface area (Å²) in [6, 6.07) is 11.3. The van der Waals surface area contributed by atoms with Crippen LogP contribution in [0.2, 0.25) is 0 Å². The highest BCUT2D eigenvalue weighted by molar-refractivity contribution is 7.90. The zero-order valence-electron chi connectivity index (χ0n) is 11.9. The summed E-state index contributed by atoms with van der Waals surface area (Å²) in [6.07, 6.45) is 0. The molecule has 2 N–H and O–H groups in total. The van der Waals surface area contributed by atoms with Crippen molar-refractivity contribution in [3.63, 3.8) is 0 Å². The summed E-state index contributed by atoms with van der Waals surface area (Å²) < 4.78 is 35.2. The van der Waals surface area contributed by atoms with Crippen LogP contribution in [0.4, 0.5) is 5.69 Å². The predicted octanol–water partition coefficient (Wildman–Crippen LogP) is 2.26. The minimum atomic E-state index is -3.49. The average molecular weight is 307 g/mol. The minimum Gasteiger partial charge on any atom is -0.497 e. The maximum atomic E-state index is 12.5. The predicted molar refractivity (Wildman–Crippen MR) is 81.3 cm³/mol. The minimum absolute atomic E-state index is 0.163. The van der Waals surface area contributed by atoms with Crippen molar-refractivity contribution in [3.8, 4) is 11.5 Å². The Morgan fingerprint density at radius 2 is 1.81 bits per heavy atom. The molecule has 0 bridgehead atoms. The van der Waals surface area contributed by atoms with E-state index in [0.717, 1.165) is 0 Å². The highest BCUT2D eigenvalue weighted by Crippen LogP contribution is 2.27. The molecule has 112 valence electrons. The summed E-state index contributed by atoms with van der Waals surface area (Å²) in [7, 11) is -0.515. The number of hydrogen-bond acceptors (Lipinski definition) is 5. The number of ether oxygens (including phenoxy) is 2. The Morgan fingerprint density at radius 1 is 1.05 bits per heavy atom. The summed E-state index contributed by atoms with van der Waals surface area (Å²) >= 11 is 0. The van der Waals surface area contributed by atoms with E-state index in [1.807, 2.05) is 0 Å². The molecule has 2 aromatic carbocycles. The highest BCUT2D eigenvalue weighted by atomic mass is 32.2. The lowest BCUT2D eigenvalue weighted by Gasteiger charge is -2.10. The lowest BCUT2D eigenvalue weighted by Crippen LogP contribution is -2.06. The molecule has 6 heteroatoms. The molecular formula is C15H17NO4S. The molecule has 0 fully saturated rings. The topological polar surface area (TPSA) is 78.6 Å². The van der Waals surface area contributed by atoms with Gasteiger partial charge in [-0.15, -0.1) is 0 Å². The van der Waals surface area contributed by atoms with Crippen molar-refractivity contribution >= 4 is 15.5 Å². The number of methoxy groups -OCH3 is 2. The van der Waals surface area contributed by atoms with Gasteiger partial charge in [0, 0.05) is 17.3 Å². The molecule has 0 aromatic heterocycles. The van der Waals surface area contributed by atoms with Crippen LogP contribution in [0.3, 0.4) is 0 Å². The summed E-state index contributed by atoms with van der Waals surface area (Å²) in [4.78, 5) is 0.209. The number of benzene rings is 2. The molecule has 2 aromatic rings. The summed E-state index contributed by atoms with van der Waals surface area (Å²) in [5.41, 5.74) is 6.76. The molecule has 0 amide bonds. The van der Waals surface area contributed by atoms with Crippen molar-refractivity contribution in [2.45, 2.75) is 10.6 Å². The second kappa shape index (κ2) is 6.05. The molecule has 0 saturated heterocycles. The van der Waals surface area contributed by atoms with Gasteiger partial charge in [0.05, 0.1) is 24.9 Å². The van der Waals surface area contributed by atoms with E-state index < -0.39 is 9.84 Å². The van der Waals surface area contributed by atoms with E-state index in [1.165, 1.54) is 20.3 Å². The fraction of sp³-hybridized carbons (Fsp3) is 0.200. The van der Waals surface area contributed by atoms with E-state index in [2.05, 4.69) is 0 Å². The molecule has 0 aliphatic rings. The van der Waals surface area contributed by atoms with Crippen LogP contribution < -0.4 is 15.2 Å². The Hall–Kier alpha value is -2.21. The fourth-order valence-corrected chi connectivity index (χ4v) is 3.36. The van der Waals surface area contributed by atoms with Gasteiger partial charge in [-0.1, -0.05) is 12.1 Å². The first kappa shape index (κ1) is 15.2. The van der Waals surface area contributed by atoms with Crippen LogP contribution in [-0.4, -0.2) is 22.6 Å². The van der Waals surface area contributed by atoms with Crippen LogP contribution in [0.15, 0.2) is 47.4 Å². The molecule has 21 heavy (non-hydrogen) atoms. The van der Waals surface area contributed by atoms with E-state index in [1.54, 1.807) is 36.4 Å². The smallest absolute Gasteiger partial charge is 0.182 e. The van der Waals surface area contributed by atoms with Crippen LogP contribution in [0, 0.1) is 0 Å². The van der Waals surface area contributed by atoms with Crippen molar-refractivity contribution < 1.29 is 17.9 Å². The third kappa shape index (κ3) is 3.46. The molecule has 5 nitrogen and oxygen atoms in total. The normalized spacial score (nSPS) is 11.1. The Kier molecular flexibility index (Phi) is 4.37. The Morgan fingerprint density at radius 3 is 2.48 bits per heavy atom. The van der Waals surface area contributed by atoms with E-state index in [4.69, 9.17) is 15.2 Å². The molecule has 0 unspecified atom stereocenters. The molecule has 0 aliphatic carbocycles. The molecule has 0 heterocycles. The molecular weight excluding hydrogens is 290 g/mol. The molecule has 0 spiro atoms. The monoisotopic (exact) mass is 307 g/mol. The number of anilines is 1. The number of nitrogens with two attached hydrogens (primary N) is 1. The van der Waals surface area contributed by atoms with Gasteiger partial charge in [-0.2, -0.15) is 0 Å². The number of sulfone groups is 1. The highest BCUT2D eigenvalue weighted by Gasteiger charge is 2.18. The third-order valence-corrected chi connectivity index (χ3v) is 4.72. The molecule has 0 atom stereocenters. The third-order valence-electron chi connectivity index (χ3n) is 3.06. The standard InChI is InChI=1S/C15H17NO4S/c1-19-13-4-3-5-14(9-13)21(17,18)10-11-6-7-12(16)8-15(11)20-2/h3-9H,10,16H2,1-2H3. The first-order valence-corrected chi connectivity index (χ1v) is 7.90. The van der Waals surface area contributed by atoms with Gasteiger partial charge in [-0.3, -0.25) is 0 Å². The number of nitrogen functional groups attached to an aromatic ring is 1. The van der Waals surface area contributed by atoms with Gasteiger partial charge in [0.1, 0.15) is 11.5 Å². The van der Waals surface area contributed by atoms with E-state index >= 15 is 0 Å². The average Bonchev–Trinajstić information content (AvgIpc) is 2.49. The van der Waals surface area contributed by atoms with Gasteiger partial charge in [0.2, 0.25) is 0 Å². The molecule has 0 aliphatic heterocycles. The molecule has 0 saturated carbocycles. The number of hydrogen-bond donors (Lipinski definition) is 1. The summed E-state index contributed by atoms with van der Waals surface area (Å²) in [5.74, 6) is 0.797. The SMILES string of the molecule is COc1cccc(S(=O)(=O)Cc2ccc(N)cc2OC)c1. The first-order chi connectivity index (χ1) is 9.96. The van der Waals surface area contributed by atoms with Crippen molar-refractivity contribution in [2.75, 3.05) is 20.0 Å². The van der Waals surface area contributed by atoms with E-state index in [0.29, 0.717) is 22.7 Å². The second-order valence-corrected chi connectivity index (χ2v) is 6.50. The van der Waals surface area contributed by atoms with Crippen molar-refractivity contribution in [3.05, 3.63) is 48.0 Å². The Balaban J connectivity index is 2.37. The maximum absolute atomic E-state index is 12.5. The zero-order chi connectivity index (χ0) is 15.5. The largest absolute Gasteiger partial charge is 0.497 e. The Bertz CT molecular complexity index is 741. The van der Waals surface area contributed by atoms with E-state index in [9.17, 15) is 8.42 Å². The van der Waals surface area contributed by atoms with Crippen molar-refractivity contribution in [2.24, 2.45) is 0 Å². The molecule has 2 rings (SSSR count). The summed E-state index contributed by atoms with van der Waals surface area (Å²) in [6.45, 7) is 0. The van der Waals surface area contributed by atoms with E-state index in [-0.39, 0.29) is 10.6 Å². The fourth-order valence-electron chi connectivity index (χ4n) is 1.96. The van der Waals surface area contributed by atoms with Gasteiger partial charge in [-0.05, 0) is 24.3 Å².